The second kappa shape index (κ2) is 15.0. The average Bonchev–Trinajstić information content (AvgIpc) is 3.80. The van der Waals surface area contributed by atoms with Gasteiger partial charge in [0.05, 0.1) is 11.8 Å². The number of aryl methyl sites for hydroxylation is 1. The molecule has 9 N–H and O–H groups in total. The lowest BCUT2D eigenvalue weighted by molar-refractivity contribution is 0.221. The molecule has 2 aliphatic carbocycles. The molecule has 0 amide bonds. The van der Waals surface area contributed by atoms with Crippen molar-refractivity contribution in [2.75, 3.05) is 0 Å². The third kappa shape index (κ3) is 6.26. The Balaban J connectivity index is 1.25. The van der Waals surface area contributed by atoms with Gasteiger partial charge in [-0.3, -0.25) is 0 Å². The molecule has 4 aliphatic rings. The first-order valence-corrected chi connectivity index (χ1v) is 22.4. The van der Waals surface area contributed by atoms with E-state index in [0.29, 0.717) is 61.6 Å². The zero-order valence-corrected chi connectivity index (χ0v) is 36.3. The predicted molar refractivity (Wildman–Crippen MR) is 251 cm³/mol. The summed E-state index contributed by atoms with van der Waals surface area (Å²) in [6.45, 7) is 1.90. The molecule has 11 nitrogen and oxygen atoms in total. The maximum Gasteiger partial charge on any atom is 0.135 e. The van der Waals surface area contributed by atoms with E-state index >= 15 is 0 Å². The number of benzene rings is 8. The van der Waals surface area contributed by atoms with Gasteiger partial charge in [-0.2, -0.15) is 0 Å². The van der Waals surface area contributed by atoms with E-state index in [-0.39, 0.29) is 51.7 Å². The summed E-state index contributed by atoms with van der Waals surface area (Å²) in [6.07, 6.45) is -1.50. The summed E-state index contributed by atoms with van der Waals surface area (Å²) in [5, 5.41) is 104. The Bertz CT molecular complexity index is 3350. The summed E-state index contributed by atoms with van der Waals surface area (Å²) in [6, 6.07) is 40.1. The SMILES string of the molecule is Cc1cc(O)c2c(c1)C1c3c(cc(O)cc3C(C3c4cc(O)cc5c4C(c4cc(O)cc(O)c4C3c3ccc(O)cc3)C(c3ccc(O)cc3)O5)C2c2cccc(O)c2)OC1c1ccc(O)cc1. The summed E-state index contributed by atoms with van der Waals surface area (Å²) < 4.78 is 13.8. The van der Waals surface area contributed by atoms with E-state index in [4.69, 9.17) is 9.47 Å². The van der Waals surface area contributed by atoms with Crippen LogP contribution in [-0.4, -0.2) is 46.0 Å². The first-order chi connectivity index (χ1) is 32.8. The van der Waals surface area contributed by atoms with Crippen molar-refractivity contribution in [2.45, 2.75) is 54.6 Å². The highest BCUT2D eigenvalue weighted by Crippen LogP contribution is 2.69. The van der Waals surface area contributed by atoms with Crippen molar-refractivity contribution >= 4 is 0 Å². The Kier molecular flexibility index (Phi) is 9.08. The Morgan fingerprint density at radius 2 is 0.750 bits per heavy atom. The quantitative estimate of drug-likeness (QED) is 0.0796. The van der Waals surface area contributed by atoms with Gasteiger partial charge in [-0.1, -0.05) is 54.6 Å². The fraction of sp³-hybridized carbons (Fsp3) is 0.158. The smallest absolute Gasteiger partial charge is 0.135 e. The van der Waals surface area contributed by atoms with Crippen molar-refractivity contribution < 1.29 is 55.4 Å². The highest BCUT2D eigenvalue weighted by atomic mass is 16.5. The summed E-state index contributed by atoms with van der Waals surface area (Å²) in [7, 11) is 0. The highest BCUT2D eigenvalue weighted by molar-refractivity contribution is 5.70. The van der Waals surface area contributed by atoms with Crippen molar-refractivity contribution in [3.63, 3.8) is 0 Å². The molecule has 8 atom stereocenters. The molecule has 0 aromatic heterocycles. The van der Waals surface area contributed by atoms with Gasteiger partial charge in [-0.25, -0.2) is 0 Å². The molecule has 2 heterocycles. The largest absolute Gasteiger partial charge is 0.508 e. The lowest BCUT2D eigenvalue weighted by Gasteiger charge is -2.40. The summed E-state index contributed by atoms with van der Waals surface area (Å²) >= 11 is 0. The second-order valence-corrected chi connectivity index (χ2v) is 18.6. The number of aromatic hydroxyl groups is 9. The lowest BCUT2D eigenvalue weighted by atomic mass is 9.62. The molecule has 338 valence electrons. The molecule has 0 saturated carbocycles. The predicted octanol–water partition coefficient (Wildman–Crippen LogP) is 11.0. The normalized spacial score (nSPS) is 22.7. The molecular formula is C57H44O11. The monoisotopic (exact) mass is 904 g/mol. The summed E-state index contributed by atoms with van der Waals surface area (Å²) in [5.74, 6) is -4.60. The Morgan fingerprint density at radius 1 is 0.324 bits per heavy atom. The van der Waals surface area contributed by atoms with Crippen LogP contribution in [0.5, 0.6) is 63.2 Å². The molecule has 8 aromatic rings. The minimum Gasteiger partial charge on any atom is -0.508 e. The molecule has 12 rings (SSSR count). The summed E-state index contributed by atoms with van der Waals surface area (Å²) in [4.78, 5) is 0. The zero-order valence-electron chi connectivity index (χ0n) is 36.3. The maximum absolute atomic E-state index is 12.7. The van der Waals surface area contributed by atoms with E-state index in [1.807, 2.05) is 19.1 Å². The molecule has 0 spiro atoms. The Labute approximate surface area is 389 Å². The van der Waals surface area contributed by atoms with Gasteiger partial charge in [-0.15, -0.1) is 0 Å². The van der Waals surface area contributed by atoms with Crippen LogP contribution in [0.4, 0.5) is 0 Å². The molecule has 0 bridgehead atoms. The standard InChI is InChI=1S/C57H44O11/c1-26-17-38-48(42(65)18-26)47(30-3-2-4-34(61)19-30)53(41-22-37(64)24-44-50(41)54(38)56(67-44)28-7-13-32(59)14-8-28)52-40-21-36(63)25-45-51(40)55(57(68-45)29-9-15-33(60)16-10-29)39-20-35(62)23-43(66)49(39)46(52)27-5-11-31(58)12-6-27/h2-25,46-47,52-66H,1H3. The third-order valence-corrected chi connectivity index (χ3v) is 14.6. The van der Waals surface area contributed by atoms with Crippen LogP contribution in [0.2, 0.25) is 0 Å². The molecule has 11 heteroatoms. The number of phenolic OH excluding ortho intramolecular Hbond substituents is 9. The molecule has 0 radical (unpaired) electrons. The van der Waals surface area contributed by atoms with Gasteiger partial charge in [0, 0.05) is 64.1 Å². The minimum atomic E-state index is -0.875. The van der Waals surface area contributed by atoms with Crippen LogP contribution in [0.15, 0.2) is 146 Å². The minimum absolute atomic E-state index is 0.00146. The van der Waals surface area contributed by atoms with Crippen LogP contribution in [0.1, 0.15) is 120 Å². The van der Waals surface area contributed by atoms with Gasteiger partial charge in [0.15, 0.2) is 0 Å². The Morgan fingerprint density at radius 3 is 1.25 bits per heavy atom. The average molecular weight is 905 g/mol. The zero-order chi connectivity index (χ0) is 46.9. The molecule has 8 unspecified atom stereocenters. The van der Waals surface area contributed by atoms with Crippen LogP contribution < -0.4 is 9.47 Å². The maximum atomic E-state index is 12.7. The van der Waals surface area contributed by atoms with Gasteiger partial charge in [0.25, 0.3) is 0 Å². The van der Waals surface area contributed by atoms with Crippen molar-refractivity contribution in [2.24, 2.45) is 0 Å². The van der Waals surface area contributed by atoms with Crippen molar-refractivity contribution in [1.82, 2.24) is 0 Å². The van der Waals surface area contributed by atoms with Crippen molar-refractivity contribution in [3.05, 3.63) is 218 Å². The number of fused-ring (bicyclic) bond motifs is 4. The van der Waals surface area contributed by atoms with E-state index in [1.54, 1.807) is 127 Å². The first kappa shape index (κ1) is 41.0. The number of hydrogen-bond acceptors (Lipinski definition) is 11. The van der Waals surface area contributed by atoms with Crippen LogP contribution >= 0.6 is 0 Å². The van der Waals surface area contributed by atoms with E-state index in [0.717, 1.165) is 22.3 Å². The molecule has 8 aromatic carbocycles. The van der Waals surface area contributed by atoms with Crippen molar-refractivity contribution in [1.29, 1.82) is 0 Å². The van der Waals surface area contributed by atoms with E-state index < -0.39 is 47.7 Å². The Hall–Kier alpha value is -8.44. The van der Waals surface area contributed by atoms with Crippen LogP contribution in [0.3, 0.4) is 0 Å². The van der Waals surface area contributed by atoms with Crippen LogP contribution in [0.25, 0.3) is 0 Å². The molecular weight excluding hydrogens is 861 g/mol. The van der Waals surface area contributed by atoms with Crippen molar-refractivity contribution in [3.8, 4) is 63.2 Å². The van der Waals surface area contributed by atoms with E-state index in [1.165, 1.54) is 6.07 Å². The van der Waals surface area contributed by atoms with Gasteiger partial charge in [-0.05, 0) is 130 Å². The fourth-order valence-corrected chi connectivity index (χ4v) is 12.2. The van der Waals surface area contributed by atoms with Gasteiger partial charge in [0.1, 0.15) is 75.5 Å². The number of hydrogen-bond donors (Lipinski definition) is 9. The fourth-order valence-electron chi connectivity index (χ4n) is 12.2. The molecule has 68 heavy (non-hydrogen) atoms. The molecule has 0 saturated heterocycles. The van der Waals surface area contributed by atoms with Crippen LogP contribution in [-0.2, 0) is 0 Å². The first-order valence-electron chi connectivity index (χ1n) is 22.4. The number of rotatable bonds is 5. The topological polar surface area (TPSA) is 201 Å². The number of phenols is 9. The summed E-state index contributed by atoms with van der Waals surface area (Å²) in [5.41, 5.74) is 8.30. The second-order valence-electron chi connectivity index (χ2n) is 18.6. The third-order valence-electron chi connectivity index (χ3n) is 14.6. The van der Waals surface area contributed by atoms with Gasteiger partial charge >= 0.3 is 0 Å². The molecule has 0 fully saturated rings. The highest BCUT2D eigenvalue weighted by Gasteiger charge is 2.55. The van der Waals surface area contributed by atoms with Crippen LogP contribution in [0, 0.1) is 6.92 Å². The lowest BCUT2D eigenvalue weighted by Crippen LogP contribution is -2.26. The van der Waals surface area contributed by atoms with E-state index in [2.05, 4.69) is 0 Å². The van der Waals surface area contributed by atoms with E-state index in [9.17, 15) is 46.0 Å². The molecule has 2 aliphatic heterocycles. The van der Waals surface area contributed by atoms with Gasteiger partial charge in [0.2, 0.25) is 0 Å². The van der Waals surface area contributed by atoms with Gasteiger partial charge < -0.3 is 55.4 Å². The number of ether oxygens (including phenoxy) is 2.